The number of hydrogen-bond donors (Lipinski definition) is 1. The molecule has 2 rings (SSSR count). The van der Waals surface area contributed by atoms with E-state index in [2.05, 4.69) is 23.9 Å². The SMILES string of the molecule is CC(C)Cn1ncnc1CC(CO)C1CCS(=O)(=O)C1. The van der Waals surface area contributed by atoms with Crippen LogP contribution in [0.4, 0.5) is 0 Å². The van der Waals surface area contributed by atoms with Crippen molar-refractivity contribution in [3.63, 3.8) is 0 Å². The number of nitrogens with zero attached hydrogens (tertiary/aromatic N) is 3. The van der Waals surface area contributed by atoms with Gasteiger partial charge in [0.2, 0.25) is 0 Å². The summed E-state index contributed by atoms with van der Waals surface area (Å²) in [6.07, 6.45) is 2.76. The van der Waals surface area contributed by atoms with E-state index in [-0.39, 0.29) is 29.9 Å². The van der Waals surface area contributed by atoms with Gasteiger partial charge in [0.1, 0.15) is 12.2 Å². The summed E-state index contributed by atoms with van der Waals surface area (Å²) < 4.78 is 25.0. The van der Waals surface area contributed by atoms with Crippen LogP contribution in [0.25, 0.3) is 0 Å². The van der Waals surface area contributed by atoms with Crippen LogP contribution in [0.3, 0.4) is 0 Å². The van der Waals surface area contributed by atoms with Gasteiger partial charge in [0.05, 0.1) is 11.5 Å². The molecule has 0 aromatic carbocycles. The highest BCUT2D eigenvalue weighted by Gasteiger charge is 2.34. The predicted octanol–water partition coefficient (Wildman–Crippen LogP) is 0.520. The molecule has 2 atom stereocenters. The van der Waals surface area contributed by atoms with Crippen LogP contribution in [0.15, 0.2) is 6.33 Å². The molecular weight excluding hydrogens is 278 g/mol. The second-order valence-electron chi connectivity index (χ2n) is 6.06. The predicted molar refractivity (Wildman–Crippen MR) is 75.9 cm³/mol. The first-order chi connectivity index (χ1) is 9.41. The Morgan fingerprint density at radius 3 is 2.80 bits per heavy atom. The molecule has 0 saturated carbocycles. The minimum Gasteiger partial charge on any atom is -0.396 e. The summed E-state index contributed by atoms with van der Waals surface area (Å²) in [5.41, 5.74) is 0. The molecule has 0 spiro atoms. The van der Waals surface area contributed by atoms with Crippen LogP contribution in [-0.4, -0.2) is 46.4 Å². The number of aliphatic hydroxyl groups is 1. The average molecular weight is 301 g/mol. The summed E-state index contributed by atoms with van der Waals surface area (Å²) in [4.78, 5) is 4.26. The van der Waals surface area contributed by atoms with Crippen LogP contribution >= 0.6 is 0 Å². The zero-order valence-electron chi connectivity index (χ0n) is 12.1. The fourth-order valence-corrected chi connectivity index (χ4v) is 4.67. The standard InChI is InChI=1S/C13H23N3O3S/c1-10(2)6-16-13(14-9-15-16)5-12(7-17)11-3-4-20(18,19)8-11/h9-12,17H,3-8H2,1-2H3. The minimum absolute atomic E-state index is 0.00523. The van der Waals surface area contributed by atoms with Crippen LogP contribution in [0.5, 0.6) is 0 Å². The van der Waals surface area contributed by atoms with Crippen molar-refractivity contribution in [3.8, 4) is 0 Å². The van der Waals surface area contributed by atoms with E-state index in [9.17, 15) is 13.5 Å². The topological polar surface area (TPSA) is 85.1 Å². The quantitative estimate of drug-likeness (QED) is 0.828. The van der Waals surface area contributed by atoms with E-state index in [4.69, 9.17) is 0 Å². The van der Waals surface area contributed by atoms with Gasteiger partial charge in [-0.25, -0.2) is 18.1 Å². The van der Waals surface area contributed by atoms with Crippen molar-refractivity contribution in [3.05, 3.63) is 12.2 Å². The van der Waals surface area contributed by atoms with Gasteiger partial charge < -0.3 is 5.11 Å². The zero-order chi connectivity index (χ0) is 14.8. The highest BCUT2D eigenvalue weighted by molar-refractivity contribution is 7.91. The van der Waals surface area contributed by atoms with Crippen molar-refractivity contribution in [2.24, 2.45) is 17.8 Å². The molecule has 20 heavy (non-hydrogen) atoms. The second-order valence-corrected chi connectivity index (χ2v) is 8.29. The lowest BCUT2D eigenvalue weighted by Gasteiger charge is -2.20. The molecule has 6 nitrogen and oxygen atoms in total. The van der Waals surface area contributed by atoms with Crippen molar-refractivity contribution in [1.82, 2.24) is 14.8 Å². The maximum absolute atomic E-state index is 11.6. The summed E-state index contributed by atoms with van der Waals surface area (Å²) in [7, 11) is -2.91. The smallest absolute Gasteiger partial charge is 0.150 e. The Kier molecular flexibility index (Phi) is 4.80. The molecule has 0 aliphatic carbocycles. The van der Waals surface area contributed by atoms with Crippen molar-refractivity contribution in [2.45, 2.75) is 33.2 Å². The Balaban J connectivity index is 2.05. The minimum atomic E-state index is -2.91. The van der Waals surface area contributed by atoms with Crippen molar-refractivity contribution in [2.75, 3.05) is 18.1 Å². The van der Waals surface area contributed by atoms with Crippen LogP contribution in [-0.2, 0) is 22.8 Å². The lowest BCUT2D eigenvalue weighted by Crippen LogP contribution is -2.24. The van der Waals surface area contributed by atoms with Gasteiger partial charge in [0.25, 0.3) is 0 Å². The molecule has 1 aromatic heterocycles. The largest absolute Gasteiger partial charge is 0.396 e. The first-order valence-corrected chi connectivity index (χ1v) is 8.91. The van der Waals surface area contributed by atoms with Gasteiger partial charge in [-0.05, 0) is 24.2 Å². The van der Waals surface area contributed by atoms with Gasteiger partial charge in [-0.15, -0.1) is 0 Å². The Morgan fingerprint density at radius 1 is 1.50 bits per heavy atom. The second kappa shape index (κ2) is 6.22. The fraction of sp³-hybridized carbons (Fsp3) is 0.846. The lowest BCUT2D eigenvalue weighted by molar-refractivity contribution is 0.180. The van der Waals surface area contributed by atoms with Crippen LogP contribution in [0.1, 0.15) is 26.1 Å². The van der Waals surface area contributed by atoms with Crippen molar-refractivity contribution < 1.29 is 13.5 Å². The monoisotopic (exact) mass is 301 g/mol. The average Bonchev–Trinajstić information content (AvgIpc) is 2.92. The summed E-state index contributed by atoms with van der Waals surface area (Å²) in [5.74, 6) is 1.72. The van der Waals surface area contributed by atoms with E-state index >= 15 is 0 Å². The van der Waals surface area contributed by atoms with Gasteiger partial charge in [-0.1, -0.05) is 13.8 Å². The van der Waals surface area contributed by atoms with Gasteiger partial charge >= 0.3 is 0 Å². The molecular formula is C13H23N3O3S. The number of aromatic nitrogens is 3. The van der Waals surface area contributed by atoms with Crippen LogP contribution in [0, 0.1) is 17.8 Å². The van der Waals surface area contributed by atoms with Crippen molar-refractivity contribution in [1.29, 1.82) is 0 Å². The zero-order valence-corrected chi connectivity index (χ0v) is 12.9. The first kappa shape index (κ1) is 15.4. The summed E-state index contributed by atoms with van der Waals surface area (Å²) in [6.45, 7) is 5.00. The maximum Gasteiger partial charge on any atom is 0.150 e. The van der Waals surface area contributed by atoms with Gasteiger partial charge in [0.15, 0.2) is 9.84 Å². The number of sulfone groups is 1. The number of hydrogen-bond acceptors (Lipinski definition) is 5. The highest BCUT2D eigenvalue weighted by atomic mass is 32.2. The molecule has 2 unspecified atom stereocenters. The van der Waals surface area contributed by atoms with E-state index in [0.29, 0.717) is 18.8 Å². The third kappa shape index (κ3) is 3.79. The summed E-state index contributed by atoms with van der Waals surface area (Å²) >= 11 is 0. The molecule has 1 N–H and O–H groups in total. The van der Waals surface area contributed by atoms with E-state index < -0.39 is 9.84 Å². The molecule has 114 valence electrons. The maximum atomic E-state index is 11.6. The third-order valence-corrected chi connectivity index (χ3v) is 5.64. The molecule has 1 aromatic rings. The fourth-order valence-electron chi connectivity index (χ4n) is 2.75. The molecule has 0 amide bonds. The van der Waals surface area contributed by atoms with E-state index in [0.717, 1.165) is 12.4 Å². The molecule has 0 radical (unpaired) electrons. The Labute approximate surface area is 120 Å². The van der Waals surface area contributed by atoms with E-state index in [1.54, 1.807) is 0 Å². The van der Waals surface area contributed by atoms with E-state index in [1.165, 1.54) is 6.33 Å². The normalized spacial score (nSPS) is 23.3. The molecule has 1 aliphatic rings. The Hall–Kier alpha value is -0.950. The molecule has 0 bridgehead atoms. The van der Waals surface area contributed by atoms with Crippen LogP contribution in [0.2, 0.25) is 0 Å². The van der Waals surface area contributed by atoms with Gasteiger partial charge in [0, 0.05) is 19.6 Å². The van der Waals surface area contributed by atoms with Crippen molar-refractivity contribution >= 4 is 9.84 Å². The molecule has 1 fully saturated rings. The lowest BCUT2D eigenvalue weighted by atomic mass is 9.89. The van der Waals surface area contributed by atoms with Gasteiger partial charge in [-0.3, -0.25) is 0 Å². The summed E-state index contributed by atoms with van der Waals surface area (Å²) in [6, 6.07) is 0. The molecule has 2 heterocycles. The summed E-state index contributed by atoms with van der Waals surface area (Å²) in [5, 5.41) is 13.8. The molecule has 7 heteroatoms. The highest BCUT2D eigenvalue weighted by Crippen LogP contribution is 2.28. The van der Waals surface area contributed by atoms with E-state index in [1.807, 2.05) is 4.68 Å². The van der Waals surface area contributed by atoms with Gasteiger partial charge in [-0.2, -0.15) is 5.10 Å². The molecule has 1 aliphatic heterocycles. The third-order valence-electron chi connectivity index (χ3n) is 3.85. The van der Waals surface area contributed by atoms with Crippen LogP contribution < -0.4 is 0 Å². The number of rotatable bonds is 6. The number of aliphatic hydroxyl groups excluding tert-OH is 1. The first-order valence-electron chi connectivity index (χ1n) is 7.09. The Morgan fingerprint density at radius 2 is 2.25 bits per heavy atom. The molecule has 1 saturated heterocycles. The Bertz CT molecular complexity index is 539.